The van der Waals surface area contributed by atoms with E-state index in [1.165, 1.54) is 17.0 Å². The normalized spacial score (nSPS) is 19.4. The highest BCUT2D eigenvalue weighted by Crippen LogP contribution is 2.24. The van der Waals surface area contributed by atoms with E-state index in [-0.39, 0.29) is 12.6 Å². The summed E-state index contributed by atoms with van der Waals surface area (Å²) in [6.07, 6.45) is 6.53. The summed E-state index contributed by atoms with van der Waals surface area (Å²) in [5, 5.41) is 9.35. The number of hydrogen-bond acceptors (Lipinski definition) is 4. The minimum Gasteiger partial charge on any atom is -0.468 e. The zero-order chi connectivity index (χ0) is 14.6. The topological polar surface area (TPSA) is 82.8 Å². The van der Waals surface area contributed by atoms with Crippen LogP contribution in [0.25, 0.3) is 0 Å². The summed E-state index contributed by atoms with van der Waals surface area (Å²) in [4.78, 5) is 0. The number of furan rings is 1. The average molecular weight is 302 g/mol. The van der Waals surface area contributed by atoms with Gasteiger partial charge in [-0.05, 0) is 25.0 Å². The third-order valence-corrected chi connectivity index (χ3v) is 5.47. The zero-order valence-corrected chi connectivity index (χ0v) is 12.5. The van der Waals surface area contributed by atoms with Crippen LogP contribution in [0.1, 0.15) is 43.9 Å². The lowest BCUT2D eigenvalue weighted by Crippen LogP contribution is -2.46. The van der Waals surface area contributed by atoms with Gasteiger partial charge < -0.3 is 9.52 Å². The van der Waals surface area contributed by atoms with Gasteiger partial charge in [0.1, 0.15) is 11.8 Å². The van der Waals surface area contributed by atoms with Crippen LogP contribution in [0.4, 0.5) is 0 Å². The monoisotopic (exact) mass is 302 g/mol. The fourth-order valence-electron chi connectivity index (χ4n) is 2.58. The molecule has 114 valence electrons. The summed E-state index contributed by atoms with van der Waals surface area (Å²) >= 11 is 0. The van der Waals surface area contributed by atoms with Crippen molar-refractivity contribution in [1.82, 2.24) is 9.03 Å². The number of nitrogens with zero attached hydrogens (tertiary/aromatic N) is 1. The van der Waals surface area contributed by atoms with Gasteiger partial charge in [0.05, 0.1) is 12.9 Å². The van der Waals surface area contributed by atoms with E-state index in [1.807, 2.05) is 0 Å². The molecule has 1 aromatic rings. The van der Waals surface area contributed by atoms with Gasteiger partial charge >= 0.3 is 0 Å². The minimum atomic E-state index is -3.63. The van der Waals surface area contributed by atoms with Crippen LogP contribution in [0.2, 0.25) is 0 Å². The van der Waals surface area contributed by atoms with Gasteiger partial charge in [-0.15, -0.1) is 0 Å². The van der Waals surface area contributed by atoms with Crippen molar-refractivity contribution < 1.29 is 17.9 Å². The molecule has 6 nitrogen and oxygen atoms in total. The van der Waals surface area contributed by atoms with E-state index in [0.29, 0.717) is 5.76 Å². The number of nitrogens with one attached hydrogen (secondary N) is 1. The molecule has 1 unspecified atom stereocenters. The van der Waals surface area contributed by atoms with Crippen LogP contribution in [0.15, 0.2) is 22.8 Å². The van der Waals surface area contributed by atoms with Crippen LogP contribution in [0.3, 0.4) is 0 Å². The number of rotatable bonds is 6. The minimum absolute atomic E-state index is 0.0391. The third-order valence-electron chi connectivity index (χ3n) is 3.83. The predicted octanol–water partition coefficient (Wildman–Crippen LogP) is 1.41. The van der Waals surface area contributed by atoms with Crippen LogP contribution < -0.4 is 4.72 Å². The fourth-order valence-corrected chi connectivity index (χ4v) is 3.90. The Labute approximate surface area is 120 Å². The molecule has 2 rings (SSSR count). The molecule has 0 aromatic carbocycles. The summed E-state index contributed by atoms with van der Waals surface area (Å²) in [5.41, 5.74) is 0. The van der Waals surface area contributed by atoms with Gasteiger partial charge in [0.25, 0.3) is 10.2 Å². The summed E-state index contributed by atoms with van der Waals surface area (Å²) < 4.78 is 33.7. The van der Waals surface area contributed by atoms with Crippen molar-refractivity contribution >= 4 is 10.2 Å². The first kappa shape index (κ1) is 15.5. The lowest BCUT2D eigenvalue weighted by atomic mass is 9.96. The first-order valence-electron chi connectivity index (χ1n) is 6.94. The second-order valence-electron chi connectivity index (χ2n) is 5.18. The smallest absolute Gasteiger partial charge is 0.280 e. The van der Waals surface area contributed by atoms with Gasteiger partial charge in [0, 0.05) is 13.1 Å². The van der Waals surface area contributed by atoms with Crippen molar-refractivity contribution in [3.63, 3.8) is 0 Å². The Morgan fingerprint density at radius 2 is 2.15 bits per heavy atom. The van der Waals surface area contributed by atoms with Gasteiger partial charge in [0.15, 0.2) is 0 Å². The molecule has 1 aromatic heterocycles. The fraction of sp³-hybridized carbons (Fsp3) is 0.692. The van der Waals surface area contributed by atoms with Crippen molar-refractivity contribution in [3.8, 4) is 0 Å². The lowest BCUT2D eigenvalue weighted by molar-refractivity contribution is 0.234. The number of aliphatic hydroxyl groups excluding tert-OH is 1. The zero-order valence-electron chi connectivity index (χ0n) is 11.7. The molecular weight excluding hydrogens is 280 g/mol. The Hall–Kier alpha value is -0.890. The standard InChI is InChI=1S/C13H22N2O4S/c1-15(11-6-3-2-4-7-11)20(17,18)14-12(10-16)13-8-5-9-19-13/h5,8-9,11-12,14,16H,2-4,6-7,10H2,1H3. The molecule has 1 aliphatic carbocycles. The molecular formula is C13H22N2O4S. The molecule has 0 spiro atoms. The molecule has 20 heavy (non-hydrogen) atoms. The maximum absolute atomic E-state index is 12.4. The third kappa shape index (κ3) is 3.60. The summed E-state index contributed by atoms with van der Waals surface area (Å²) in [7, 11) is -2.04. The van der Waals surface area contributed by atoms with E-state index in [2.05, 4.69) is 4.72 Å². The van der Waals surface area contributed by atoms with Gasteiger partial charge in [-0.2, -0.15) is 17.4 Å². The number of aliphatic hydroxyl groups is 1. The van der Waals surface area contributed by atoms with Crippen molar-refractivity contribution in [2.24, 2.45) is 0 Å². The highest BCUT2D eigenvalue weighted by molar-refractivity contribution is 7.87. The van der Waals surface area contributed by atoms with E-state index in [4.69, 9.17) is 4.42 Å². The molecule has 1 saturated carbocycles. The Kier molecular flexibility index (Phi) is 5.20. The van der Waals surface area contributed by atoms with E-state index in [9.17, 15) is 13.5 Å². The summed E-state index contributed by atoms with van der Waals surface area (Å²) in [6, 6.07) is 2.60. The van der Waals surface area contributed by atoms with E-state index >= 15 is 0 Å². The van der Waals surface area contributed by atoms with E-state index in [0.717, 1.165) is 25.7 Å². The van der Waals surface area contributed by atoms with Gasteiger partial charge in [-0.1, -0.05) is 19.3 Å². The van der Waals surface area contributed by atoms with Crippen LogP contribution in [-0.2, 0) is 10.2 Å². The van der Waals surface area contributed by atoms with Crippen molar-refractivity contribution in [1.29, 1.82) is 0 Å². The van der Waals surface area contributed by atoms with Crippen LogP contribution in [-0.4, -0.2) is 37.5 Å². The average Bonchev–Trinajstić information content (AvgIpc) is 2.99. The highest BCUT2D eigenvalue weighted by atomic mass is 32.2. The van der Waals surface area contributed by atoms with Crippen molar-refractivity contribution in [3.05, 3.63) is 24.2 Å². The SMILES string of the molecule is CN(C1CCCCC1)S(=O)(=O)NC(CO)c1ccco1. The van der Waals surface area contributed by atoms with Crippen LogP contribution in [0.5, 0.6) is 0 Å². The van der Waals surface area contributed by atoms with E-state index < -0.39 is 16.3 Å². The van der Waals surface area contributed by atoms with Gasteiger partial charge in [-0.3, -0.25) is 0 Å². The van der Waals surface area contributed by atoms with Gasteiger partial charge in [-0.25, -0.2) is 0 Å². The Bertz CT molecular complexity index is 494. The largest absolute Gasteiger partial charge is 0.468 e. The maximum atomic E-state index is 12.4. The second kappa shape index (κ2) is 6.71. The Morgan fingerprint density at radius 1 is 1.45 bits per heavy atom. The molecule has 1 fully saturated rings. The Morgan fingerprint density at radius 3 is 2.70 bits per heavy atom. The van der Waals surface area contributed by atoms with E-state index in [1.54, 1.807) is 19.2 Å². The molecule has 0 amide bonds. The Balaban J connectivity index is 2.05. The van der Waals surface area contributed by atoms with Crippen molar-refractivity contribution in [2.45, 2.75) is 44.2 Å². The van der Waals surface area contributed by atoms with Gasteiger partial charge in [0.2, 0.25) is 0 Å². The molecule has 2 N–H and O–H groups in total. The summed E-state index contributed by atoms with van der Waals surface area (Å²) in [6.45, 7) is -0.342. The molecule has 1 heterocycles. The molecule has 0 radical (unpaired) electrons. The lowest BCUT2D eigenvalue weighted by Gasteiger charge is -2.31. The quantitative estimate of drug-likeness (QED) is 0.832. The summed E-state index contributed by atoms with van der Waals surface area (Å²) in [5.74, 6) is 0.410. The second-order valence-corrected chi connectivity index (χ2v) is 6.94. The molecule has 0 saturated heterocycles. The molecule has 7 heteroatoms. The molecule has 0 aliphatic heterocycles. The first-order valence-corrected chi connectivity index (χ1v) is 8.38. The predicted molar refractivity (Wildman–Crippen MR) is 75.2 cm³/mol. The highest BCUT2D eigenvalue weighted by Gasteiger charge is 2.30. The molecule has 1 aliphatic rings. The first-order chi connectivity index (χ1) is 9.54. The maximum Gasteiger partial charge on any atom is 0.280 e. The molecule has 1 atom stereocenters. The van der Waals surface area contributed by atoms with Crippen LogP contribution in [0, 0.1) is 0 Å². The van der Waals surface area contributed by atoms with Crippen molar-refractivity contribution in [2.75, 3.05) is 13.7 Å². The van der Waals surface area contributed by atoms with Crippen LogP contribution >= 0.6 is 0 Å². The number of hydrogen-bond donors (Lipinski definition) is 2. The molecule has 0 bridgehead atoms.